The zero-order chi connectivity index (χ0) is 10.5. The molecule has 0 aromatic carbocycles. The van der Waals surface area contributed by atoms with Crippen molar-refractivity contribution in [2.75, 3.05) is 24.5 Å². The van der Waals surface area contributed by atoms with E-state index in [1.807, 2.05) is 0 Å². The van der Waals surface area contributed by atoms with Crippen LogP contribution in [0, 0.1) is 0 Å². The van der Waals surface area contributed by atoms with Gasteiger partial charge in [0.05, 0.1) is 0 Å². The molecule has 0 amide bonds. The Hall–Kier alpha value is -0.680. The second-order valence-electron chi connectivity index (χ2n) is 3.92. The molecule has 0 saturated carbocycles. The summed E-state index contributed by atoms with van der Waals surface area (Å²) in [6, 6.07) is 0.615. The second-order valence-corrected chi connectivity index (χ2v) is 4.68. The van der Waals surface area contributed by atoms with E-state index in [2.05, 4.69) is 26.5 Å². The standard InChI is InChI=1S/C10H18N4S/c1-2-5-11-7-9-4-3-6-14(9)10-12-8-13-15-10/h8-9,11H,2-7H2,1H3. The van der Waals surface area contributed by atoms with Crippen molar-refractivity contribution in [3.05, 3.63) is 6.33 Å². The molecule has 5 heteroatoms. The van der Waals surface area contributed by atoms with Crippen molar-refractivity contribution in [2.45, 2.75) is 32.2 Å². The molecule has 2 rings (SSSR count). The Morgan fingerprint density at radius 1 is 1.67 bits per heavy atom. The monoisotopic (exact) mass is 226 g/mol. The van der Waals surface area contributed by atoms with Crippen LogP contribution >= 0.6 is 11.5 Å². The molecule has 15 heavy (non-hydrogen) atoms. The van der Waals surface area contributed by atoms with Crippen LogP contribution in [0.3, 0.4) is 0 Å². The summed E-state index contributed by atoms with van der Waals surface area (Å²) < 4.78 is 4.07. The number of nitrogens with zero attached hydrogens (tertiary/aromatic N) is 3. The van der Waals surface area contributed by atoms with E-state index in [4.69, 9.17) is 0 Å². The molecule has 84 valence electrons. The first-order chi connectivity index (χ1) is 7.42. The normalized spacial score (nSPS) is 21.1. The number of rotatable bonds is 5. The van der Waals surface area contributed by atoms with E-state index in [-0.39, 0.29) is 0 Å². The molecule has 1 aliphatic rings. The summed E-state index contributed by atoms with van der Waals surface area (Å²) in [5.41, 5.74) is 0. The average molecular weight is 226 g/mol. The summed E-state index contributed by atoms with van der Waals surface area (Å²) in [5.74, 6) is 0. The Morgan fingerprint density at radius 2 is 2.60 bits per heavy atom. The summed E-state index contributed by atoms with van der Waals surface area (Å²) in [6.45, 7) is 5.52. The summed E-state index contributed by atoms with van der Waals surface area (Å²) in [6.07, 6.45) is 5.40. The van der Waals surface area contributed by atoms with E-state index in [0.29, 0.717) is 6.04 Å². The van der Waals surface area contributed by atoms with Gasteiger partial charge in [-0.2, -0.15) is 4.37 Å². The van der Waals surface area contributed by atoms with E-state index < -0.39 is 0 Å². The SMILES string of the molecule is CCCNCC1CCCN1c1ncns1. The van der Waals surface area contributed by atoms with Gasteiger partial charge < -0.3 is 10.2 Å². The highest BCUT2D eigenvalue weighted by molar-refractivity contribution is 7.09. The van der Waals surface area contributed by atoms with Crippen LogP contribution in [0.5, 0.6) is 0 Å². The lowest BCUT2D eigenvalue weighted by Crippen LogP contribution is -2.38. The van der Waals surface area contributed by atoms with Crippen LogP contribution in [0.15, 0.2) is 6.33 Å². The molecule has 0 spiro atoms. The Bertz CT molecular complexity index is 275. The molecule has 1 fully saturated rings. The predicted molar refractivity (Wildman–Crippen MR) is 63.4 cm³/mol. The number of nitrogens with one attached hydrogen (secondary N) is 1. The molecule has 0 radical (unpaired) electrons. The van der Waals surface area contributed by atoms with Gasteiger partial charge in [-0.25, -0.2) is 4.98 Å². The zero-order valence-electron chi connectivity index (χ0n) is 9.15. The van der Waals surface area contributed by atoms with Crippen molar-refractivity contribution < 1.29 is 0 Å². The minimum atomic E-state index is 0.615. The van der Waals surface area contributed by atoms with E-state index >= 15 is 0 Å². The van der Waals surface area contributed by atoms with Crippen LogP contribution in [0.1, 0.15) is 26.2 Å². The van der Waals surface area contributed by atoms with E-state index in [1.54, 1.807) is 6.33 Å². The van der Waals surface area contributed by atoms with Crippen molar-refractivity contribution in [3.63, 3.8) is 0 Å². The molecule has 0 bridgehead atoms. The smallest absolute Gasteiger partial charge is 0.205 e. The fourth-order valence-electron chi connectivity index (χ4n) is 2.04. The highest BCUT2D eigenvalue weighted by Gasteiger charge is 2.25. The maximum atomic E-state index is 4.28. The summed E-state index contributed by atoms with van der Waals surface area (Å²) in [4.78, 5) is 6.67. The van der Waals surface area contributed by atoms with Gasteiger partial charge in [-0.1, -0.05) is 6.92 Å². The third-order valence-corrected chi connectivity index (χ3v) is 3.48. The lowest BCUT2D eigenvalue weighted by molar-refractivity contribution is 0.570. The van der Waals surface area contributed by atoms with E-state index in [0.717, 1.165) is 24.8 Å². The van der Waals surface area contributed by atoms with Crippen molar-refractivity contribution in [1.82, 2.24) is 14.7 Å². The Balaban J connectivity index is 1.88. The molecule has 1 unspecified atom stereocenters. The molecular formula is C10H18N4S. The number of anilines is 1. The maximum Gasteiger partial charge on any atom is 0.205 e. The highest BCUT2D eigenvalue weighted by atomic mass is 32.1. The van der Waals surface area contributed by atoms with E-state index in [9.17, 15) is 0 Å². The summed E-state index contributed by atoms with van der Waals surface area (Å²) >= 11 is 1.50. The van der Waals surface area contributed by atoms with Gasteiger partial charge in [0.2, 0.25) is 5.13 Å². The highest BCUT2D eigenvalue weighted by Crippen LogP contribution is 2.25. The van der Waals surface area contributed by atoms with Crippen LogP contribution in [0.2, 0.25) is 0 Å². The third-order valence-electron chi connectivity index (χ3n) is 2.78. The molecule has 0 aliphatic carbocycles. The first kappa shape index (κ1) is 10.8. The predicted octanol–water partition coefficient (Wildman–Crippen LogP) is 1.51. The molecule has 1 aromatic rings. The van der Waals surface area contributed by atoms with Gasteiger partial charge in [-0.15, -0.1) is 0 Å². The first-order valence-corrected chi connectivity index (χ1v) is 6.43. The van der Waals surface area contributed by atoms with Crippen molar-refractivity contribution in [2.24, 2.45) is 0 Å². The van der Waals surface area contributed by atoms with Gasteiger partial charge in [0, 0.05) is 30.7 Å². The minimum absolute atomic E-state index is 0.615. The van der Waals surface area contributed by atoms with Crippen LogP contribution in [0.25, 0.3) is 0 Å². The maximum absolute atomic E-state index is 4.28. The third kappa shape index (κ3) is 2.66. The van der Waals surface area contributed by atoms with Gasteiger partial charge in [-0.3, -0.25) is 0 Å². The first-order valence-electron chi connectivity index (χ1n) is 5.66. The van der Waals surface area contributed by atoms with Crippen molar-refractivity contribution >= 4 is 16.7 Å². The fraction of sp³-hybridized carbons (Fsp3) is 0.800. The molecule has 2 heterocycles. The van der Waals surface area contributed by atoms with Gasteiger partial charge in [0.25, 0.3) is 0 Å². The quantitative estimate of drug-likeness (QED) is 0.773. The van der Waals surface area contributed by atoms with Gasteiger partial charge in [0.15, 0.2) is 0 Å². The topological polar surface area (TPSA) is 41.0 Å². The van der Waals surface area contributed by atoms with E-state index in [1.165, 1.54) is 30.8 Å². The van der Waals surface area contributed by atoms with Crippen LogP contribution in [-0.2, 0) is 0 Å². The lowest BCUT2D eigenvalue weighted by atomic mass is 10.2. The number of aromatic nitrogens is 2. The lowest BCUT2D eigenvalue weighted by Gasteiger charge is -2.23. The average Bonchev–Trinajstić information content (AvgIpc) is 2.87. The van der Waals surface area contributed by atoms with Crippen molar-refractivity contribution in [3.8, 4) is 0 Å². The summed E-state index contributed by atoms with van der Waals surface area (Å²) in [7, 11) is 0. The minimum Gasteiger partial charge on any atom is -0.343 e. The largest absolute Gasteiger partial charge is 0.343 e. The van der Waals surface area contributed by atoms with Crippen LogP contribution in [-0.4, -0.2) is 35.0 Å². The Labute approximate surface area is 94.9 Å². The molecular weight excluding hydrogens is 208 g/mol. The molecule has 1 N–H and O–H groups in total. The van der Waals surface area contributed by atoms with Crippen LogP contribution in [0.4, 0.5) is 5.13 Å². The Morgan fingerprint density at radius 3 is 3.33 bits per heavy atom. The molecule has 1 aliphatic heterocycles. The Kier molecular flexibility index (Phi) is 3.91. The van der Waals surface area contributed by atoms with Gasteiger partial charge in [0.1, 0.15) is 6.33 Å². The number of hydrogen-bond acceptors (Lipinski definition) is 5. The second kappa shape index (κ2) is 5.42. The summed E-state index contributed by atoms with van der Waals surface area (Å²) in [5, 5.41) is 4.56. The molecule has 1 atom stereocenters. The van der Waals surface area contributed by atoms with Crippen LogP contribution < -0.4 is 10.2 Å². The zero-order valence-corrected chi connectivity index (χ0v) is 9.96. The van der Waals surface area contributed by atoms with Gasteiger partial charge in [-0.05, 0) is 25.8 Å². The van der Waals surface area contributed by atoms with Gasteiger partial charge >= 0.3 is 0 Å². The molecule has 1 aromatic heterocycles. The molecule has 4 nitrogen and oxygen atoms in total. The molecule has 1 saturated heterocycles. The number of hydrogen-bond donors (Lipinski definition) is 1. The fourth-order valence-corrected chi connectivity index (χ4v) is 2.67. The van der Waals surface area contributed by atoms with Crippen molar-refractivity contribution in [1.29, 1.82) is 0 Å².